The molecule has 0 aromatic heterocycles. The van der Waals surface area contributed by atoms with Gasteiger partial charge in [-0.15, -0.1) is 0 Å². The molecule has 29 heavy (non-hydrogen) atoms. The van der Waals surface area contributed by atoms with Crippen molar-refractivity contribution in [1.29, 1.82) is 5.26 Å². The third kappa shape index (κ3) is 5.26. The molecule has 0 amide bonds. The van der Waals surface area contributed by atoms with Crippen LogP contribution in [0, 0.1) is 17.1 Å². The van der Waals surface area contributed by atoms with Crippen molar-refractivity contribution < 1.29 is 39.2 Å². The highest BCUT2D eigenvalue weighted by atomic mass is 32.2. The van der Waals surface area contributed by atoms with Crippen molar-refractivity contribution in [2.75, 3.05) is 5.32 Å². The van der Waals surface area contributed by atoms with Crippen LogP contribution in [0.2, 0.25) is 0 Å². The summed E-state index contributed by atoms with van der Waals surface area (Å²) >= 11 is 0. The van der Waals surface area contributed by atoms with Crippen LogP contribution in [-0.2, 0) is 22.2 Å². The SMILES string of the molecule is N#C/C(=C\Nc1cc(C(F)(F)F)cc(C(F)(F)F)c1)S(=O)(=O)c1ccc(F)cc1. The van der Waals surface area contributed by atoms with E-state index in [1.807, 2.05) is 5.32 Å². The third-order valence-electron chi connectivity index (χ3n) is 3.48. The van der Waals surface area contributed by atoms with Crippen molar-refractivity contribution >= 4 is 15.5 Å². The quantitative estimate of drug-likeness (QED) is 0.409. The normalized spacial score (nSPS) is 13.1. The molecule has 0 radical (unpaired) electrons. The van der Waals surface area contributed by atoms with E-state index in [0.717, 1.165) is 24.3 Å². The first-order valence-electron chi connectivity index (χ1n) is 7.42. The summed E-state index contributed by atoms with van der Waals surface area (Å²) in [6.45, 7) is 0. The predicted molar refractivity (Wildman–Crippen MR) is 87.4 cm³/mol. The van der Waals surface area contributed by atoms with E-state index >= 15 is 0 Å². The van der Waals surface area contributed by atoms with Crippen LogP contribution >= 0.6 is 0 Å². The van der Waals surface area contributed by atoms with Crippen LogP contribution in [0.3, 0.4) is 0 Å². The van der Waals surface area contributed by atoms with Gasteiger partial charge in [-0.2, -0.15) is 31.6 Å². The maximum Gasteiger partial charge on any atom is 0.416 e. The minimum Gasteiger partial charge on any atom is -0.360 e. The highest BCUT2D eigenvalue weighted by Crippen LogP contribution is 2.37. The number of nitrogens with zero attached hydrogens (tertiary/aromatic N) is 1. The summed E-state index contributed by atoms with van der Waals surface area (Å²) in [5.41, 5.74) is -3.99. The Morgan fingerprint density at radius 1 is 0.931 bits per heavy atom. The number of hydrogen-bond donors (Lipinski definition) is 1. The summed E-state index contributed by atoms with van der Waals surface area (Å²) in [4.78, 5) is -1.50. The van der Waals surface area contributed by atoms with Crippen molar-refractivity contribution in [3.8, 4) is 6.07 Å². The smallest absolute Gasteiger partial charge is 0.360 e. The topological polar surface area (TPSA) is 70.0 Å². The third-order valence-corrected chi connectivity index (χ3v) is 5.16. The molecular weight excluding hydrogens is 429 g/mol. The number of hydrogen-bond acceptors (Lipinski definition) is 4. The average Bonchev–Trinajstić information content (AvgIpc) is 2.60. The monoisotopic (exact) mass is 438 g/mol. The van der Waals surface area contributed by atoms with Crippen LogP contribution in [0.5, 0.6) is 0 Å². The van der Waals surface area contributed by atoms with Gasteiger partial charge in [0.05, 0.1) is 16.0 Å². The molecule has 0 aliphatic carbocycles. The lowest BCUT2D eigenvalue weighted by molar-refractivity contribution is -0.143. The van der Waals surface area contributed by atoms with Crippen LogP contribution in [-0.4, -0.2) is 8.42 Å². The van der Waals surface area contributed by atoms with E-state index in [9.17, 15) is 39.2 Å². The lowest BCUT2D eigenvalue weighted by Crippen LogP contribution is -2.12. The Bertz CT molecular complexity index is 1050. The molecule has 0 bridgehead atoms. The lowest BCUT2D eigenvalue weighted by atomic mass is 10.1. The first kappa shape index (κ1) is 22.2. The fraction of sp³-hybridized carbons (Fsp3) is 0.118. The molecular formula is C17H9F7N2O2S. The first-order valence-corrected chi connectivity index (χ1v) is 8.90. The van der Waals surface area contributed by atoms with Gasteiger partial charge in [-0.25, -0.2) is 12.8 Å². The van der Waals surface area contributed by atoms with E-state index < -0.39 is 54.6 Å². The van der Waals surface area contributed by atoms with Crippen LogP contribution in [0.4, 0.5) is 36.4 Å². The van der Waals surface area contributed by atoms with Crippen molar-refractivity contribution in [3.63, 3.8) is 0 Å². The van der Waals surface area contributed by atoms with Gasteiger partial charge in [-0.1, -0.05) is 0 Å². The Morgan fingerprint density at radius 3 is 1.83 bits per heavy atom. The van der Waals surface area contributed by atoms with Gasteiger partial charge in [0.2, 0.25) is 9.84 Å². The van der Waals surface area contributed by atoms with Gasteiger partial charge in [-0.3, -0.25) is 0 Å². The molecule has 2 aromatic rings. The van der Waals surface area contributed by atoms with E-state index in [1.54, 1.807) is 0 Å². The summed E-state index contributed by atoms with van der Waals surface area (Å²) in [5, 5.41) is 11.0. The minimum absolute atomic E-state index is 0.102. The maximum atomic E-state index is 12.9. The standard InChI is InChI=1S/C17H9F7N2O2S/c18-12-1-3-14(4-2-12)29(27,28)15(8-25)9-26-13-6-10(16(19,20)21)5-11(7-13)17(22,23)24/h1-7,9,26H/b15-9+. The second-order valence-corrected chi connectivity index (χ2v) is 7.43. The molecule has 2 rings (SSSR count). The number of nitrogens with one attached hydrogen (secondary N) is 1. The highest BCUT2D eigenvalue weighted by Gasteiger charge is 2.37. The zero-order valence-electron chi connectivity index (χ0n) is 13.9. The van der Waals surface area contributed by atoms with E-state index in [-0.39, 0.29) is 6.07 Å². The molecule has 0 spiro atoms. The molecule has 2 aromatic carbocycles. The number of sulfone groups is 1. The molecule has 0 heterocycles. The van der Waals surface area contributed by atoms with Crippen molar-refractivity contribution in [2.45, 2.75) is 17.2 Å². The molecule has 0 aliphatic heterocycles. The summed E-state index contributed by atoms with van der Waals surface area (Å²) < 4.78 is 115. The van der Waals surface area contributed by atoms with E-state index in [0.29, 0.717) is 18.3 Å². The second kappa shape index (κ2) is 7.75. The van der Waals surface area contributed by atoms with E-state index in [2.05, 4.69) is 0 Å². The molecule has 12 heteroatoms. The Morgan fingerprint density at radius 2 is 1.41 bits per heavy atom. The summed E-state index contributed by atoms with van der Waals surface area (Å²) in [5.74, 6) is -0.756. The lowest BCUT2D eigenvalue weighted by Gasteiger charge is -2.14. The minimum atomic E-state index is -5.10. The van der Waals surface area contributed by atoms with Gasteiger partial charge < -0.3 is 5.32 Å². The molecule has 1 N–H and O–H groups in total. The Labute approximate surface area is 159 Å². The van der Waals surface area contributed by atoms with Gasteiger partial charge in [0.1, 0.15) is 11.9 Å². The van der Waals surface area contributed by atoms with Gasteiger partial charge >= 0.3 is 12.4 Å². The average molecular weight is 438 g/mol. The summed E-state index contributed by atoms with van der Waals surface area (Å²) in [6.07, 6.45) is -9.74. The molecule has 0 saturated heterocycles. The van der Waals surface area contributed by atoms with Gasteiger partial charge in [0.15, 0.2) is 4.91 Å². The number of alkyl halides is 6. The zero-order chi connectivity index (χ0) is 22.0. The number of halogens is 7. The number of allylic oxidation sites excluding steroid dienone is 1. The van der Waals surface area contributed by atoms with Crippen molar-refractivity contribution in [2.24, 2.45) is 0 Å². The van der Waals surface area contributed by atoms with Gasteiger partial charge in [0.25, 0.3) is 0 Å². The molecule has 4 nitrogen and oxygen atoms in total. The maximum absolute atomic E-state index is 12.9. The van der Waals surface area contributed by atoms with Crippen molar-refractivity contribution in [1.82, 2.24) is 0 Å². The molecule has 0 atom stereocenters. The largest absolute Gasteiger partial charge is 0.416 e. The van der Waals surface area contributed by atoms with Crippen LogP contribution in [0.15, 0.2) is 58.5 Å². The van der Waals surface area contributed by atoms with E-state index in [4.69, 9.17) is 5.26 Å². The van der Waals surface area contributed by atoms with Crippen LogP contribution in [0.1, 0.15) is 11.1 Å². The van der Waals surface area contributed by atoms with Crippen molar-refractivity contribution in [3.05, 3.63) is 70.5 Å². The number of rotatable bonds is 4. The van der Waals surface area contributed by atoms with Crippen LogP contribution < -0.4 is 5.32 Å². The molecule has 0 unspecified atom stereocenters. The van der Waals surface area contributed by atoms with Gasteiger partial charge in [-0.05, 0) is 42.5 Å². The van der Waals surface area contributed by atoms with E-state index in [1.165, 1.54) is 6.07 Å². The number of benzene rings is 2. The fourth-order valence-electron chi connectivity index (χ4n) is 2.10. The first-order chi connectivity index (χ1) is 13.2. The van der Waals surface area contributed by atoms with Gasteiger partial charge in [0, 0.05) is 11.9 Å². The molecule has 154 valence electrons. The Hall–Kier alpha value is -3.07. The molecule has 0 fully saturated rings. The summed E-state index contributed by atoms with van der Waals surface area (Å²) in [7, 11) is -4.49. The zero-order valence-corrected chi connectivity index (χ0v) is 14.8. The number of anilines is 1. The Kier molecular flexibility index (Phi) is 5.94. The number of nitriles is 1. The summed E-state index contributed by atoms with van der Waals surface area (Å²) in [6, 6.07) is 5.14. The predicted octanol–water partition coefficient (Wildman–Crippen LogP) is 5.11. The van der Waals surface area contributed by atoms with Crippen LogP contribution in [0.25, 0.3) is 0 Å². The highest BCUT2D eigenvalue weighted by molar-refractivity contribution is 7.95. The Balaban J connectivity index is 2.47. The molecule has 0 saturated carbocycles. The second-order valence-electron chi connectivity index (χ2n) is 5.52. The fourth-order valence-corrected chi connectivity index (χ4v) is 3.18. The molecule has 0 aliphatic rings.